The second-order valence-corrected chi connectivity index (χ2v) is 9.14. The van der Waals surface area contributed by atoms with Gasteiger partial charge in [-0.15, -0.1) is 10.2 Å². The van der Waals surface area contributed by atoms with Gasteiger partial charge in [0, 0.05) is 17.4 Å². The lowest BCUT2D eigenvalue weighted by molar-refractivity contribution is 0.413. The zero-order chi connectivity index (χ0) is 23.0. The number of benzene rings is 3. The third-order valence-corrected chi connectivity index (χ3v) is 6.82. The number of anilines is 3. The number of aromatic nitrogens is 4. The van der Waals surface area contributed by atoms with Crippen molar-refractivity contribution in [2.75, 3.05) is 17.1 Å². The standard InChI is InChI=1S/C22H17ClN6O3S/c1-32-16-10-11-17(23)20(12-16)33(30,31)28-15-8-6-14(7-9-15)25-21-22-27-24-13-29(22)19-5-3-2-4-18(19)26-21/h2-13,28H,1H3,(H,25,26). The van der Waals surface area contributed by atoms with Crippen LogP contribution in [0.4, 0.5) is 17.2 Å². The number of para-hydroxylation sites is 2. The summed E-state index contributed by atoms with van der Waals surface area (Å²) in [4.78, 5) is 4.58. The molecule has 0 unspecified atom stereocenters. The van der Waals surface area contributed by atoms with Crippen molar-refractivity contribution in [3.8, 4) is 5.75 Å². The number of nitrogens with zero attached hydrogens (tertiary/aromatic N) is 4. The van der Waals surface area contributed by atoms with Crippen LogP contribution in [-0.4, -0.2) is 35.1 Å². The molecular formula is C22H17ClN6O3S. The normalized spacial score (nSPS) is 11.6. The third-order valence-electron chi connectivity index (χ3n) is 4.96. The molecule has 166 valence electrons. The molecule has 0 amide bonds. The molecule has 0 bridgehead atoms. The van der Waals surface area contributed by atoms with Crippen molar-refractivity contribution in [1.82, 2.24) is 19.6 Å². The molecule has 5 rings (SSSR count). The Hall–Kier alpha value is -3.89. The van der Waals surface area contributed by atoms with E-state index < -0.39 is 10.0 Å². The fraction of sp³-hybridized carbons (Fsp3) is 0.0455. The molecule has 9 nitrogen and oxygen atoms in total. The number of fused-ring (bicyclic) bond motifs is 3. The van der Waals surface area contributed by atoms with Crippen molar-refractivity contribution >= 4 is 55.5 Å². The van der Waals surface area contributed by atoms with E-state index in [9.17, 15) is 8.42 Å². The summed E-state index contributed by atoms with van der Waals surface area (Å²) in [6.07, 6.45) is 1.63. The number of sulfonamides is 1. The van der Waals surface area contributed by atoms with Crippen molar-refractivity contribution < 1.29 is 13.2 Å². The highest BCUT2D eigenvalue weighted by atomic mass is 35.5. The van der Waals surface area contributed by atoms with Crippen LogP contribution < -0.4 is 14.8 Å². The van der Waals surface area contributed by atoms with E-state index in [1.807, 2.05) is 28.7 Å². The zero-order valence-electron chi connectivity index (χ0n) is 17.2. The van der Waals surface area contributed by atoms with Gasteiger partial charge >= 0.3 is 0 Å². The fourth-order valence-corrected chi connectivity index (χ4v) is 4.95. The Bertz CT molecular complexity index is 1590. The molecule has 33 heavy (non-hydrogen) atoms. The van der Waals surface area contributed by atoms with Gasteiger partial charge in [-0.3, -0.25) is 9.12 Å². The summed E-state index contributed by atoms with van der Waals surface area (Å²) in [5.41, 5.74) is 3.32. The highest BCUT2D eigenvalue weighted by molar-refractivity contribution is 7.92. The second-order valence-electron chi connectivity index (χ2n) is 7.08. The van der Waals surface area contributed by atoms with Gasteiger partial charge in [-0.1, -0.05) is 23.7 Å². The molecule has 2 heterocycles. The average molecular weight is 481 g/mol. The fourth-order valence-electron chi connectivity index (χ4n) is 3.37. The summed E-state index contributed by atoms with van der Waals surface area (Å²) in [5.74, 6) is 0.921. The molecule has 0 atom stereocenters. The van der Waals surface area contributed by atoms with E-state index >= 15 is 0 Å². The number of rotatable bonds is 6. The smallest absolute Gasteiger partial charge is 0.263 e. The summed E-state index contributed by atoms with van der Waals surface area (Å²) in [7, 11) is -2.46. The van der Waals surface area contributed by atoms with E-state index in [2.05, 4.69) is 25.2 Å². The summed E-state index contributed by atoms with van der Waals surface area (Å²) in [5, 5.41) is 11.5. The molecule has 0 saturated carbocycles. The second kappa shape index (κ2) is 8.23. The average Bonchev–Trinajstić information content (AvgIpc) is 3.31. The Kier molecular flexibility index (Phi) is 5.23. The quantitative estimate of drug-likeness (QED) is 0.368. The summed E-state index contributed by atoms with van der Waals surface area (Å²) in [6.45, 7) is 0. The van der Waals surface area contributed by atoms with E-state index in [1.54, 1.807) is 36.7 Å². The molecule has 5 aromatic rings. The third kappa shape index (κ3) is 4.01. The van der Waals surface area contributed by atoms with Crippen molar-refractivity contribution in [2.24, 2.45) is 0 Å². The van der Waals surface area contributed by atoms with Crippen molar-refractivity contribution in [3.63, 3.8) is 0 Å². The number of nitrogens with one attached hydrogen (secondary N) is 2. The largest absolute Gasteiger partial charge is 0.497 e. The van der Waals surface area contributed by atoms with Crippen LogP contribution in [-0.2, 0) is 10.0 Å². The minimum Gasteiger partial charge on any atom is -0.497 e. The Morgan fingerprint density at radius 3 is 2.55 bits per heavy atom. The van der Waals surface area contributed by atoms with Crippen LogP contribution in [0.3, 0.4) is 0 Å². The summed E-state index contributed by atoms with van der Waals surface area (Å²) < 4.78 is 35.1. The number of hydrogen-bond donors (Lipinski definition) is 2. The van der Waals surface area contributed by atoms with E-state index in [-0.39, 0.29) is 9.92 Å². The molecule has 0 fully saturated rings. The molecule has 0 spiro atoms. The lowest BCUT2D eigenvalue weighted by Crippen LogP contribution is -2.13. The Balaban J connectivity index is 1.41. The zero-order valence-corrected chi connectivity index (χ0v) is 18.8. The molecule has 2 N–H and O–H groups in total. The summed E-state index contributed by atoms with van der Waals surface area (Å²) >= 11 is 6.09. The number of methoxy groups -OCH3 is 1. The van der Waals surface area contributed by atoms with Gasteiger partial charge in [-0.05, 0) is 48.5 Å². The monoisotopic (exact) mass is 480 g/mol. The van der Waals surface area contributed by atoms with Gasteiger partial charge < -0.3 is 10.1 Å². The molecule has 3 aromatic carbocycles. The first-order chi connectivity index (χ1) is 15.9. The molecule has 2 aromatic heterocycles. The number of halogens is 1. The van der Waals surface area contributed by atoms with Gasteiger partial charge in [0.05, 0.1) is 23.2 Å². The minimum atomic E-state index is -3.91. The van der Waals surface area contributed by atoms with E-state index in [0.717, 1.165) is 11.0 Å². The maximum atomic E-state index is 12.8. The van der Waals surface area contributed by atoms with E-state index in [4.69, 9.17) is 16.3 Å². The SMILES string of the molecule is COc1ccc(Cl)c(S(=O)(=O)Nc2ccc(Nc3nc4ccccc4n4cnnc34)cc2)c1. The van der Waals surface area contributed by atoms with Gasteiger partial charge in [0.25, 0.3) is 10.0 Å². The van der Waals surface area contributed by atoms with Crippen LogP contribution >= 0.6 is 11.6 Å². The molecule has 11 heteroatoms. The number of ether oxygens (including phenoxy) is 1. The molecule has 0 saturated heterocycles. The molecule has 0 aliphatic heterocycles. The van der Waals surface area contributed by atoms with Crippen molar-refractivity contribution in [3.05, 3.63) is 78.1 Å². The topological polar surface area (TPSA) is 111 Å². The number of hydrogen-bond acceptors (Lipinski definition) is 7. The van der Waals surface area contributed by atoms with Crippen LogP contribution in [0.2, 0.25) is 5.02 Å². The van der Waals surface area contributed by atoms with Crippen LogP contribution in [0.15, 0.2) is 78.0 Å². The van der Waals surface area contributed by atoms with Gasteiger partial charge in [-0.25, -0.2) is 13.4 Å². The van der Waals surface area contributed by atoms with E-state index in [1.165, 1.54) is 19.2 Å². The molecule has 0 aliphatic carbocycles. The first kappa shape index (κ1) is 21.0. The van der Waals surface area contributed by atoms with Crippen LogP contribution in [0.25, 0.3) is 16.7 Å². The Morgan fingerprint density at radius 2 is 1.76 bits per heavy atom. The first-order valence-electron chi connectivity index (χ1n) is 9.76. The van der Waals surface area contributed by atoms with Gasteiger partial charge in [0.1, 0.15) is 17.0 Å². The van der Waals surface area contributed by atoms with Gasteiger partial charge in [0.2, 0.25) is 5.65 Å². The lowest BCUT2D eigenvalue weighted by Gasteiger charge is -2.12. The van der Waals surface area contributed by atoms with Crippen LogP contribution in [0.5, 0.6) is 5.75 Å². The molecular weight excluding hydrogens is 464 g/mol. The Morgan fingerprint density at radius 1 is 1.00 bits per heavy atom. The van der Waals surface area contributed by atoms with Crippen LogP contribution in [0, 0.1) is 0 Å². The summed E-state index contributed by atoms with van der Waals surface area (Å²) in [6, 6.07) is 18.9. The molecule has 0 aliphatic rings. The Labute approximate surface area is 194 Å². The minimum absolute atomic E-state index is 0.0692. The highest BCUT2D eigenvalue weighted by Gasteiger charge is 2.19. The van der Waals surface area contributed by atoms with Crippen molar-refractivity contribution in [1.29, 1.82) is 0 Å². The van der Waals surface area contributed by atoms with Crippen molar-refractivity contribution in [2.45, 2.75) is 4.90 Å². The first-order valence-corrected chi connectivity index (χ1v) is 11.6. The van der Waals surface area contributed by atoms with Gasteiger partial charge in [-0.2, -0.15) is 0 Å². The van der Waals surface area contributed by atoms with Gasteiger partial charge in [0.15, 0.2) is 5.82 Å². The predicted octanol–water partition coefficient (Wildman–Crippen LogP) is 4.48. The highest BCUT2D eigenvalue weighted by Crippen LogP contribution is 2.29. The lowest BCUT2D eigenvalue weighted by atomic mass is 10.3. The maximum Gasteiger partial charge on any atom is 0.263 e. The maximum absolute atomic E-state index is 12.8. The van der Waals surface area contributed by atoms with Crippen LogP contribution in [0.1, 0.15) is 0 Å². The molecule has 0 radical (unpaired) electrons. The van der Waals surface area contributed by atoms with E-state index in [0.29, 0.717) is 28.6 Å². The predicted molar refractivity (Wildman–Crippen MR) is 127 cm³/mol.